The molecule has 1 aliphatic rings. The minimum Gasteiger partial charge on any atom is -0.496 e. The maximum atomic E-state index is 12.7. The standard InChI is InChI=1S/C21H24N2O4/c1-26-18-9-3-2-8-17(18)16-7-4-6-15(12-16)13-21(10-5-11-27-21)20(25)23-14-19(22)24/h2-4,6-9,12H,5,10-11,13-14H2,1H3,(H2,22,24)(H,23,25). The monoisotopic (exact) mass is 368 g/mol. The number of para-hydroxylation sites is 1. The van der Waals surface area contributed by atoms with Crippen molar-refractivity contribution >= 4 is 11.8 Å². The summed E-state index contributed by atoms with van der Waals surface area (Å²) >= 11 is 0. The summed E-state index contributed by atoms with van der Waals surface area (Å²) in [6, 6.07) is 15.8. The molecule has 0 saturated carbocycles. The Balaban J connectivity index is 1.85. The highest BCUT2D eigenvalue weighted by Crippen LogP contribution is 2.33. The molecule has 3 N–H and O–H groups in total. The number of methoxy groups -OCH3 is 1. The normalized spacial score (nSPS) is 18.9. The second kappa shape index (κ2) is 8.22. The maximum absolute atomic E-state index is 12.7. The van der Waals surface area contributed by atoms with Crippen LogP contribution < -0.4 is 15.8 Å². The number of nitrogens with two attached hydrogens (primary N) is 1. The summed E-state index contributed by atoms with van der Waals surface area (Å²) in [5, 5.41) is 2.59. The molecule has 0 bridgehead atoms. The van der Waals surface area contributed by atoms with Crippen LogP contribution in [0.25, 0.3) is 11.1 Å². The Bertz CT molecular complexity index is 828. The van der Waals surface area contributed by atoms with Crippen molar-refractivity contribution in [1.29, 1.82) is 0 Å². The smallest absolute Gasteiger partial charge is 0.253 e. The van der Waals surface area contributed by atoms with Gasteiger partial charge in [0.25, 0.3) is 5.91 Å². The highest BCUT2D eigenvalue weighted by atomic mass is 16.5. The van der Waals surface area contributed by atoms with E-state index in [4.69, 9.17) is 15.2 Å². The Kier molecular flexibility index (Phi) is 5.76. The van der Waals surface area contributed by atoms with E-state index >= 15 is 0 Å². The third-order valence-electron chi connectivity index (χ3n) is 4.77. The number of benzene rings is 2. The van der Waals surface area contributed by atoms with Gasteiger partial charge in [0.2, 0.25) is 5.91 Å². The molecule has 6 nitrogen and oxygen atoms in total. The predicted molar refractivity (Wildman–Crippen MR) is 102 cm³/mol. The van der Waals surface area contributed by atoms with E-state index in [2.05, 4.69) is 5.32 Å². The van der Waals surface area contributed by atoms with Gasteiger partial charge in [-0.2, -0.15) is 0 Å². The first-order chi connectivity index (χ1) is 13.0. The second-order valence-corrected chi connectivity index (χ2v) is 6.67. The summed E-state index contributed by atoms with van der Waals surface area (Å²) in [7, 11) is 1.65. The SMILES string of the molecule is COc1ccccc1-c1cccc(CC2(C(=O)NCC(N)=O)CCCO2)c1. The lowest BCUT2D eigenvalue weighted by Gasteiger charge is -2.27. The van der Waals surface area contributed by atoms with Crippen molar-refractivity contribution in [3.8, 4) is 16.9 Å². The van der Waals surface area contributed by atoms with Crippen molar-refractivity contribution in [2.24, 2.45) is 5.73 Å². The number of hydrogen-bond acceptors (Lipinski definition) is 4. The molecule has 1 saturated heterocycles. The minimum atomic E-state index is -0.963. The zero-order valence-corrected chi connectivity index (χ0v) is 15.4. The van der Waals surface area contributed by atoms with Gasteiger partial charge < -0.3 is 20.5 Å². The number of ether oxygens (including phenoxy) is 2. The number of rotatable bonds is 7. The second-order valence-electron chi connectivity index (χ2n) is 6.67. The lowest BCUT2D eigenvalue weighted by molar-refractivity contribution is -0.142. The maximum Gasteiger partial charge on any atom is 0.253 e. The third kappa shape index (κ3) is 4.28. The number of nitrogens with one attached hydrogen (secondary N) is 1. The molecule has 1 atom stereocenters. The molecule has 3 rings (SSSR count). The molecule has 142 valence electrons. The van der Waals surface area contributed by atoms with E-state index in [1.165, 1.54) is 0 Å². The van der Waals surface area contributed by atoms with Crippen molar-refractivity contribution in [1.82, 2.24) is 5.32 Å². The fraction of sp³-hybridized carbons (Fsp3) is 0.333. The van der Waals surface area contributed by atoms with Crippen molar-refractivity contribution in [3.63, 3.8) is 0 Å². The average molecular weight is 368 g/mol. The Morgan fingerprint density at radius 2 is 2.04 bits per heavy atom. The third-order valence-corrected chi connectivity index (χ3v) is 4.77. The molecule has 0 radical (unpaired) electrons. The summed E-state index contributed by atoms with van der Waals surface area (Å²) in [4.78, 5) is 23.7. The van der Waals surface area contributed by atoms with E-state index in [1.54, 1.807) is 7.11 Å². The lowest BCUT2D eigenvalue weighted by atomic mass is 9.89. The molecule has 1 aliphatic heterocycles. The molecule has 2 aromatic carbocycles. The van der Waals surface area contributed by atoms with Gasteiger partial charge in [-0.25, -0.2) is 0 Å². The molecular formula is C21H24N2O4. The minimum absolute atomic E-state index is 0.189. The Labute approximate surface area is 158 Å². The van der Waals surface area contributed by atoms with E-state index < -0.39 is 11.5 Å². The number of primary amides is 1. The molecule has 0 aliphatic carbocycles. The molecule has 0 spiro atoms. The number of amides is 2. The summed E-state index contributed by atoms with van der Waals surface area (Å²) in [5.41, 5.74) is 7.16. The molecule has 1 heterocycles. The van der Waals surface area contributed by atoms with Crippen molar-refractivity contribution in [2.75, 3.05) is 20.3 Å². The van der Waals surface area contributed by atoms with Gasteiger partial charge in [0, 0.05) is 18.6 Å². The van der Waals surface area contributed by atoms with Crippen LogP contribution in [0.2, 0.25) is 0 Å². The van der Waals surface area contributed by atoms with Crippen LogP contribution in [0, 0.1) is 0 Å². The van der Waals surface area contributed by atoms with Crippen LogP contribution in [0.1, 0.15) is 18.4 Å². The van der Waals surface area contributed by atoms with Crippen LogP contribution in [0.4, 0.5) is 0 Å². The number of hydrogen-bond donors (Lipinski definition) is 2. The lowest BCUT2D eigenvalue weighted by Crippen LogP contribution is -2.50. The van der Waals surface area contributed by atoms with Crippen LogP contribution in [-0.2, 0) is 20.7 Å². The molecule has 27 heavy (non-hydrogen) atoms. The van der Waals surface area contributed by atoms with Gasteiger partial charge in [-0.05, 0) is 30.0 Å². The highest BCUT2D eigenvalue weighted by Gasteiger charge is 2.42. The molecule has 2 amide bonds. The Morgan fingerprint density at radius 1 is 1.22 bits per heavy atom. The van der Waals surface area contributed by atoms with Crippen molar-refractivity contribution in [2.45, 2.75) is 24.9 Å². The van der Waals surface area contributed by atoms with Gasteiger partial charge in [-0.3, -0.25) is 9.59 Å². The molecule has 0 aromatic heterocycles. The summed E-state index contributed by atoms with van der Waals surface area (Å²) in [6.45, 7) is 0.335. The van der Waals surface area contributed by atoms with E-state index in [1.807, 2.05) is 48.5 Å². The molecular weight excluding hydrogens is 344 g/mol. The summed E-state index contributed by atoms with van der Waals surface area (Å²) in [5.74, 6) is -0.0724. The Morgan fingerprint density at radius 3 is 2.74 bits per heavy atom. The van der Waals surface area contributed by atoms with Crippen molar-refractivity contribution < 1.29 is 19.1 Å². The average Bonchev–Trinajstić information content (AvgIpc) is 3.16. The van der Waals surface area contributed by atoms with E-state index in [0.29, 0.717) is 19.4 Å². The first kappa shape index (κ1) is 18.9. The van der Waals surface area contributed by atoms with Gasteiger partial charge in [0.1, 0.15) is 5.75 Å². The van der Waals surface area contributed by atoms with Crippen LogP contribution in [0.3, 0.4) is 0 Å². The fourth-order valence-electron chi connectivity index (χ4n) is 3.49. The Hall–Kier alpha value is -2.86. The van der Waals surface area contributed by atoms with Crippen LogP contribution >= 0.6 is 0 Å². The first-order valence-corrected chi connectivity index (χ1v) is 8.97. The van der Waals surface area contributed by atoms with Crippen molar-refractivity contribution in [3.05, 3.63) is 54.1 Å². The predicted octanol–water partition coefficient (Wildman–Crippen LogP) is 2.06. The topological polar surface area (TPSA) is 90.6 Å². The quantitative estimate of drug-likeness (QED) is 0.783. The zero-order valence-electron chi connectivity index (χ0n) is 15.4. The number of carbonyl (C=O) groups excluding carboxylic acids is 2. The van der Waals surface area contributed by atoms with Gasteiger partial charge in [0.15, 0.2) is 5.60 Å². The van der Waals surface area contributed by atoms with Gasteiger partial charge >= 0.3 is 0 Å². The zero-order chi connectivity index (χ0) is 19.3. The largest absolute Gasteiger partial charge is 0.496 e. The van der Waals surface area contributed by atoms with E-state index in [9.17, 15) is 9.59 Å². The van der Waals surface area contributed by atoms with Crippen LogP contribution in [0.5, 0.6) is 5.75 Å². The van der Waals surface area contributed by atoms with Gasteiger partial charge in [-0.15, -0.1) is 0 Å². The molecule has 1 unspecified atom stereocenters. The summed E-state index contributed by atoms with van der Waals surface area (Å²) < 4.78 is 11.3. The summed E-state index contributed by atoms with van der Waals surface area (Å²) in [6.07, 6.45) is 1.84. The highest BCUT2D eigenvalue weighted by molar-refractivity contribution is 5.89. The number of carbonyl (C=O) groups is 2. The van der Waals surface area contributed by atoms with Gasteiger partial charge in [0.05, 0.1) is 13.7 Å². The first-order valence-electron chi connectivity index (χ1n) is 8.97. The molecule has 6 heteroatoms. The fourth-order valence-corrected chi connectivity index (χ4v) is 3.49. The van der Waals surface area contributed by atoms with E-state index in [0.717, 1.165) is 28.9 Å². The van der Waals surface area contributed by atoms with Gasteiger partial charge in [-0.1, -0.05) is 42.5 Å². The molecule has 2 aromatic rings. The van der Waals surface area contributed by atoms with Crippen LogP contribution in [-0.4, -0.2) is 37.7 Å². The molecule has 1 fully saturated rings. The van der Waals surface area contributed by atoms with Crippen LogP contribution in [0.15, 0.2) is 48.5 Å². The van der Waals surface area contributed by atoms with E-state index in [-0.39, 0.29) is 12.5 Å².